The minimum atomic E-state index is -2.13. The standard InChI is InChI=1S/C36H59O29.CH3.Y/c37-2-9-26-8(43)1-15(54-9)60-27-10(3-38)55-33(21(49)16(27)44)62-29-12(5-40)57-35(23(51)18(29)46)64-31-14(7-42)59-36(25(53)20(31)48)65-30-13(6-41)58-34(24(52)19(30)47)63-28-11(4-39)56-32(61-26)22(50)17(28)45;;/h1,8-53H,2-7H2;1H3;/q2*-1;. The Bertz CT molecular complexity index is 1490. The van der Waals surface area contributed by atoms with Crippen molar-refractivity contribution in [1.29, 1.82) is 0 Å². The Morgan fingerprint density at radius 2 is 0.478 bits per heavy atom. The maximum atomic E-state index is 11.2. The van der Waals surface area contributed by atoms with E-state index in [1.165, 1.54) is 0 Å². The van der Waals surface area contributed by atoms with Gasteiger partial charge in [-0.15, -0.1) is 0 Å². The van der Waals surface area contributed by atoms with E-state index in [0.717, 1.165) is 6.42 Å². The molecule has 22 fully saturated rings. The first-order chi connectivity index (χ1) is 31.0. The van der Waals surface area contributed by atoms with Gasteiger partial charge in [0.1, 0.15) is 128 Å². The topological polar surface area (TPSA) is 455 Å². The fraction of sp³-hybridized carbons (Fsp3) is 0.946. The molecule has 22 heterocycles. The second kappa shape index (κ2) is 24.8. The molecule has 0 amide bonds. The van der Waals surface area contributed by atoms with Crippen molar-refractivity contribution in [1.82, 2.24) is 0 Å². The molecule has 0 aromatic heterocycles. The van der Waals surface area contributed by atoms with Gasteiger partial charge in [-0.25, -0.2) is 6.42 Å². The van der Waals surface area contributed by atoms with E-state index in [1.54, 1.807) is 0 Å². The van der Waals surface area contributed by atoms with Gasteiger partial charge in [0.25, 0.3) is 0 Å². The van der Waals surface area contributed by atoms with Crippen molar-refractivity contribution >= 4 is 0 Å². The van der Waals surface area contributed by atoms with Gasteiger partial charge in [-0.3, -0.25) is 0 Å². The molecule has 12 bridgehead atoms. The van der Waals surface area contributed by atoms with Crippen LogP contribution in [0.25, 0.3) is 0 Å². The van der Waals surface area contributed by atoms with Crippen molar-refractivity contribution in [2.45, 2.75) is 178 Å². The van der Waals surface area contributed by atoms with E-state index in [0.29, 0.717) is 0 Å². The molecule has 22 aliphatic rings. The van der Waals surface area contributed by atoms with Crippen LogP contribution in [0.5, 0.6) is 0 Å². The SMILES string of the molecule is OCC1OC2[CH-]C(O)C1OC1OC(CO)C(OC3OC(CO)C(OC4OC(CO)C(OC5OC(CO)C(OC6OC(CO)C(O2)C(O)C6O)C(O)C5O)C(O)C4O)C(O)C3O)C(O)C1O.[CH3-].[Y]. The van der Waals surface area contributed by atoms with Gasteiger partial charge >= 0.3 is 0 Å². The third-order valence-electron chi connectivity index (χ3n) is 12.4. The van der Waals surface area contributed by atoms with Crippen LogP contribution in [0.15, 0.2) is 0 Å². The zero-order valence-electron chi connectivity index (χ0n) is 35.6. The molecule has 0 aromatic rings. The Kier molecular flexibility index (Phi) is 21.4. The maximum absolute atomic E-state index is 11.2. The molecule has 1 radical (unpaired) electrons. The van der Waals surface area contributed by atoms with Crippen LogP contribution in [0.1, 0.15) is 0 Å². The summed E-state index contributed by atoms with van der Waals surface area (Å²) >= 11 is 0. The third-order valence-corrected chi connectivity index (χ3v) is 12.4. The van der Waals surface area contributed by atoms with Crippen LogP contribution in [0.2, 0.25) is 0 Å². The van der Waals surface area contributed by atoms with Crippen molar-refractivity contribution in [2.24, 2.45) is 0 Å². The van der Waals surface area contributed by atoms with Gasteiger partial charge in [0.2, 0.25) is 0 Å². The first kappa shape index (κ1) is 57.8. The number of aliphatic hydroxyl groups is 17. The van der Waals surface area contributed by atoms with Gasteiger partial charge in [-0.1, -0.05) is 0 Å². The zero-order valence-corrected chi connectivity index (χ0v) is 38.5. The monoisotopic (exact) mass is 1060 g/mol. The van der Waals surface area contributed by atoms with Gasteiger partial charge in [0, 0.05) is 39.0 Å². The van der Waals surface area contributed by atoms with Crippen molar-refractivity contribution in [2.75, 3.05) is 39.6 Å². The molecule has 22 rings (SSSR count). The van der Waals surface area contributed by atoms with E-state index in [4.69, 9.17) is 56.8 Å². The molecule has 0 aliphatic carbocycles. The van der Waals surface area contributed by atoms with Crippen molar-refractivity contribution < 1.29 is 176 Å². The first-order valence-electron chi connectivity index (χ1n) is 20.8. The Morgan fingerprint density at radius 1 is 0.269 bits per heavy atom. The van der Waals surface area contributed by atoms with E-state index in [2.05, 4.69) is 0 Å². The van der Waals surface area contributed by atoms with E-state index < -0.39 is 218 Å². The fourth-order valence-corrected chi connectivity index (χ4v) is 8.77. The molecule has 17 N–H and O–H groups in total. The summed E-state index contributed by atoms with van der Waals surface area (Å²) in [6.45, 7) is -5.72. The third kappa shape index (κ3) is 11.7. The maximum Gasteiger partial charge on any atom is 0.187 e. The average Bonchev–Trinajstić information content (AvgIpc) is 3.30. The minimum Gasteiger partial charge on any atom is -0.422 e. The van der Waals surface area contributed by atoms with Gasteiger partial charge in [-0.2, -0.15) is 0 Å². The Labute approximate surface area is 406 Å². The number of hydrogen-bond acceptors (Lipinski definition) is 29. The Balaban J connectivity index is 0.00000420. The van der Waals surface area contributed by atoms with E-state index in [-0.39, 0.29) is 40.1 Å². The summed E-state index contributed by atoms with van der Waals surface area (Å²) in [6.07, 6.45) is -53.1. The molecule has 0 spiro atoms. The molecule has 29 atom stereocenters. The van der Waals surface area contributed by atoms with Crippen LogP contribution in [0, 0.1) is 13.8 Å². The van der Waals surface area contributed by atoms with Crippen LogP contribution in [-0.2, 0) is 89.6 Å². The van der Waals surface area contributed by atoms with Crippen LogP contribution >= 0.6 is 0 Å². The van der Waals surface area contributed by atoms with Crippen LogP contribution < -0.4 is 0 Å². The summed E-state index contributed by atoms with van der Waals surface area (Å²) in [7, 11) is 0. The molecule has 22 aliphatic heterocycles. The smallest absolute Gasteiger partial charge is 0.187 e. The fourth-order valence-electron chi connectivity index (χ4n) is 8.77. The molecule has 22 saturated heterocycles. The summed E-state index contributed by atoms with van der Waals surface area (Å²) in [6, 6.07) is 0. The molecule has 29 nitrogen and oxygen atoms in total. The molecule has 0 saturated carbocycles. The van der Waals surface area contributed by atoms with Crippen molar-refractivity contribution in [3.63, 3.8) is 0 Å². The Hall–Kier alpha value is -0.0561. The van der Waals surface area contributed by atoms with Crippen LogP contribution in [-0.4, -0.2) is 305 Å². The molecular weight excluding hydrogens is 997 g/mol. The first-order valence-corrected chi connectivity index (χ1v) is 20.8. The van der Waals surface area contributed by atoms with Crippen molar-refractivity contribution in [3.8, 4) is 0 Å². The molecule has 389 valence electrons. The van der Waals surface area contributed by atoms with Gasteiger partial charge in [0.05, 0.1) is 45.7 Å². The number of ether oxygens (including phenoxy) is 12. The van der Waals surface area contributed by atoms with Gasteiger partial charge < -0.3 is 151 Å². The van der Waals surface area contributed by atoms with E-state index in [1.807, 2.05) is 0 Å². The molecule has 67 heavy (non-hydrogen) atoms. The molecular formula is C37H62O29Y-2. The average molecular weight is 1060 g/mol. The number of aliphatic hydroxyl groups excluding tert-OH is 17. The number of rotatable bonds is 6. The summed E-state index contributed by atoms with van der Waals surface area (Å²) < 4.78 is 68.2. The zero-order chi connectivity index (χ0) is 47.2. The van der Waals surface area contributed by atoms with E-state index in [9.17, 15) is 86.8 Å². The summed E-state index contributed by atoms with van der Waals surface area (Å²) in [4.78, 5) is 0. The molecule has 0 aromatic carbocycles. The summed E-state index contributed by atoms with van der Waals surface area (Å²) in [5.41, 5.74) is 0. The van der Waals surface area contributed by atoms with Crippen LogP contribution in [0.4, 0.5) is 0 Å². The quantitative estimate of drug-likeness (QED) is 0.110. The van der Waals surface area contributed by atoms with Gasteiger partial charge in [-0.05, 0) is 6.10 Å². The minimum absolute atomic E-state index is 0. The second-order valence-corrected chi connectivity index (χ2v) is 16.5. The second-order valence-electron chi connectivity index (χ2n) is 16.5. The van der Waals surface area contributed by atoms with Gasteiger partial charge in [0.15, 0.2) is 31.5 Å². The van der Waals surface area contributed by atoms with Crippen LogP contribution in [0.3, 0.4) is 0 Å². The largest absolute Gasteiger partial charge is 0.422 e. The number of hydrogen-bond donors (Lipinski definition) is 17. The summed E-state index contributed by atoms with van der Waals surface area (Å²) in [5, 5.41) is 184. The molecule has 29 unspecified atom stereocenters. The summed E-state index contributed by atoms with van der Waals surface area (Å²) in [5.74, 6) is 0. The molecule has 30 heteroatoms. The van der Waals surface area contributed by atoms with Crippen molar-refractivity contribution in [3.05, 3.63) is 13.8 Å². The predicted molar refractivity (Wildman–Crippen MR) is 201 cm³/mol. The van der Waals surface area contributed by atoms with E-state index >= 15 is 0 Å². The predicted octanol–water partition coefficient (Wildman–Crippen LogP) is -11.8. The Morgan fingerprint density at radius 3 is 0.716 bits per heavy atom. The normalized spacial score (nSPS) is 53.2.